The highest BCUT2D eigenvalue weighted by Gasteiger charge is 2.17. The fourth-order valence-corrected chi connectivity index (χ4v) is 3.82. The molecule has 0 aliphatic carbocycles. The molecule has 1 saturated heterocycles. The fraction of sp³-hybridized carbons (Fsp3) is 0.350. The van der Waals surface area contributed by atoms with Crippen LogP contribution in [0.2, 0.25) is 5.02 Å². The van der Waals surface area contributed by atoms with E-state index in [2.05, 4.69) is 27.2 Å². The van der Waals surface area contributed by atoms with E-state index in [9.17, 15) is 9.18 Å². The van der Waals surface area contributed by atoms with Crippen LogP contribution in [-0.2, 0) is 4.79 Å². The second-order valence-corrected chi connectivity index (χ2v) is 7.88. The molecular weight excluding hydrogens is 385 g/mol. The molecule has 4 nitrogen and oxygen atoms in total. The van der Waals surface area contributed by atoms with Crippen molar-refractivity contribution in [2.24, 2.45) is 0 Å². The lowest BCUT2D eigenvalue weighted by atomic mass is 10.2. The van der Waals surface area contributed by atoms with Gasteiger partial charge in [0, 0.05) is 54.9 Å². The van der Waals surface area contributed by atoms with Gasteiger partial charge in [0.2, 0.25) is 5.91 Å². The molecule has 2 aromatic carbocycles. The average Bonchev–Trinajstić information content (AvgIpc) is 2.69. The van der Waals surface area contributed by atoms with E-state index in [0.29, 0.717) is 12.3 Å². The number of nitrogens with one attached hydrogen (secondary N) is 1. The molecule has 0 unspecified atom stereocenters. The van der Waals surface area contributed by atoms with Gasteiger partial charge in [-0.2, -0.15) is 0 Å². The van der Waals surface area contributed by atoms with Crippen LogP contribution in [0.4, 0.5) is 10.1 Å². The standard InChI is InChI=1S/C20H23ClFN3OS/c21-16-1-5-18(6-2-16)25-13-11-24(12-14-25)10-9-23-20(26)15-27-19-7-3-17(22)4-8-19/h1-8H,9-15H2,(H,23,26). The normalized spacial score (nSPS) is 15.0. The molecule has 1 aliphatic heterocycles. The van der Waals surface area contributed by atoms with Crippen molar-refractivity contribution in [3.8, 4) is 0 Å². The number of carbonyl (C=O) groups excluding carboxylic acids is 1. The zero-order valence-corrected chi connectivity index (χ0v) is 16.6. The van der Waals surface area contributed by atoms with Crippen LogP contribution in [-0.4, -0.2) is 55.8 Å². The van der Waals surface area contributed by atoms with E-state index in [-0.39, 0.29) is 11.7 Å². The highest BCUT2D eigenvalue weighted by atomic mass is 35.5. The van der Waals surface area contributed by atoms with Crippen molar-refractivity contribution in [3.63, 3.8) is 0 Å². The number of piperazine rings is 1. The first kappa shape index (κ1) is 20.0. The van der Waals surface area contributed by atoms with Crippen LogP contribution in [0.15, 0.2) is 53.4 Å². The number of amides is 1. The molecule has 0 spiro atoms. The molecule has 2 aromatic rings. The Morgan fingerprint density at radius 3 is 2.37 bits per heavy atom. The summed E-state index contributed by atoms with van der Waals surface area (Å²) in [5, 5.41) is 3.71. The first-order valence-corrected chi connectivity index (χ1v) is 10.3. The topological polar surface area (TPSA) is 35.6 Å². The molecule has 7 heteroatoms. The van der Waals surface area contributed by atoms with E-state index in [1.807, 2.05) is 12.1 Å². The molecule has 0 atom stereocenters. The molecule has 1 amide bonds. The van der Waals surface area contributed by atoms with Gasteiger partial charge in [-0.3, -0.25) is 9.69 Å². The zero-order chi connectivity index (χ0) is 19.1. The maximum absolute atomic E-state index is 12.9. The number of anilines is 1. The Labute approximate surface area is 168 Å². The third kappa shape index (κ3) is 6.41. The van der Waals surface area contributed by atoms with Crippen LogP contribution in [0.1, 0.15) is 0 Å². The molecular formula is C20H23ClFN3OS. The van der Waals surface area contributed by atoms with Crippen LogP contribution in [0.5, 0.6) is 0 Å². The Morgan fingerprint density at radius 2 is 1.70 bits per heavy atom. The number of hydrogen-bond acceptors (Lipinski definition) is 4. The number of halogens is 2. The van der Waals surface area contributed by atoms with Gasteiger partial charge in [-0.05, 0) is 48.5 Å². The Hall–Kier alpha value is -1.76. The zero-order valence-electron chi connectivity index (χ0n) is 15.0. The maximum atomic E-state index is 12.9. The molecule has 0 bridgehead atoms. The Morgan fingerprint density at radius 1 is 1.04 bits per heavy atom. The van der Waals surface area contributed by atoms with Gasteiger partial charge in [-0.25, -0.2) is 4.39 Å². The Bertz CT molecular complexity index is 734. The van der Waals surface area contributed by atoms with Crippen molar-refractivity contribution in [1.82, 2.24) is 10.2 Å². The molecule has 3 rings (SSSR count). The van der Waals surface area contributed by atoms with E-state index in [1.165, 1.54) is 29.6 Å². The number of carbonyl (C=O) groups is 1. The summed E-state index contributed by atoms with van der Waals surface area (Å²) in [5.41, 5.74) is 1.20. The minimum atomic E-state index is -0.264. The van der Waals surface area contributed by atoms with Crippen molar-refractivity contribution in [1.29, 1.82) is 0 Å². The van der Waals surface area contributed by atoms with E-state index >= 15 is 0 Å². The molecule has 0 aromatic heterocycles. The summed E-state index contributed by atoms with van der Waals surface area (Å²) in [5.74, 6) is 0.0831. The van der Waals surface area contributed by atoms with Gasteiger partial charge in [0.05, 0.1) is 5.75 Å². The summed E-state index contributed by atoms with van der Waals surface area (Å²) < 4.78 is 12.9. The predicted octanol–water partition coefficient (Wildman–Crippen LogP) is 3.51. The van der Waals surface area contributed by atoms with Crippen LogP contribution in [0.25, 0.3) is 0 Å². The van der Waals surface area contributed by atoms with Crippen molar-refractivity contribution in [2.45, 2.75) is 4.90 Å². The third-order valence-corrected chi connectivity index (χ3v) is 5.76. The molecule has 1 fully saturated rings. The van der Waals surface area contributed by atoms with Crippen molar-refractivity contribution in [2.75, 3.05) is 49.9 Å². The van der Waals surface area contributed by atoms with Gasteiger partial charge in [-0.15, -0.1) is 11.8 Å². The second-order valence-electron chi connectivity index (χ2n) is 6.40. The highest BCUT2D eigenvalue weighted by molar-refractivity contribution is 8.00. The largest absolute Gasteiger partial charge is 0.369 e. The molecule has 1 N–H and O–H groups in total. The number of benzene rings is 2. The molecule has 0 radical (unpaired) electrons. The van der Waals surface area contributed by atoms with Gasteiger partial charge >= 0.3 is 0 Å². The molecule has 27 heavy (non-hydrogen) atoms. The van der Waals surface area contributed by atoms with Gasteiger partial charge in [0.1, 0.15) is 5.82 Å². The predicted molar refractivity (Wildman–Crippen MR) is 110 cm³/mol. The average molecular weight is 408 g/mol. The van der Waals surface area contributed by atoms with Crippen LogP contribution in [0, 0.1) is 5.82 Å². The lowest BCUT2D eigenvalue weighted by Gasteiger charge is -2.36. The first-order valence-electron chi connectivity index (χ1n) is 8.98. The Kier molecular flexibility index (Phi) is 7.38. The summed E-state index contributed by atoms with van der Waals surface area (Å²) in [7, 11) is 0. The fourth-order valence-electron chi connectivity index (χ4n) is 2.97. The summed E-state index contributed by atoms with van der Waals surface area (Å²) in [6, 6.07) is 14.1. The number of nitrogens with zero attached hydrogens (tertiary/aromatic N) is 2. The molecule has 0 saturated carbocycles. The lowest BCUT2D eigenvalue weighted by molar-refractivity contribution is -0.118. The van der Waals surface area contributed by atoms with Crippen LogP contribution in [0.3, 0.4) is 0 Å². The van der Waals surface area contributed by atoms with Crippen LogP contribution < -0.4 is 10.2 Å². The van der Waals surface area contributed by atoms with E-state index in [0.717, 1.165) is 42.6 Å². The summed E-state index contributed by atoms with van der Waals surface area (Å²) in [6.45, 7) is 5.38. The van der Waals surface area contributed by atoms with E-state index < -0.39 is 0 Å². The quantitative estimate of drug-likeness (QED) is 0.712. The van der Waals surface area contributed by atoms with Gasteiger partial charge < -0.3 is 10.2 Å². The summed E-state index contributed by atoms with van der Waals surface area (Å²) >= 11 is 7.36. The first-order chi connectivity index (χ1) is 13.1. The summed E-state index contributed by atoms with van der Waals surface area (Å²) in [6.07, 6.45) is 0. The number of thioether (sulfide) groups is 1. The van der Waals surface area contributed by atoms with E-state index in [4.69, 9.17) is 11.6 Å². The third-order valence-electron chi connectivity index (χ3n) is 4.50. The molecule has 1 aliphatic rings. The van der Waals surface area contributed by atoms with Crippen molar-refractivity contribution < 1.29 is 9.18 Å². The highest BCUT2D eigenvalue weighted by Crippen LogP contribution is 2.19. The summed E-state index contributed by atoms with van der Waals surface area (Å²) in [4.78, 5) is 17.6. The maximum Gasteiger partial charge on any atom is 0.230 e. The second kappa shape index (κ2) is 9.97. The SMILES string of the molecule is O=C(CSc1ccc(F)cc1)NCCN1CCN(c2ccc(Cl)cc2)CC1. The smallest absolute Gasteiger partial charge is 0.230 e. The Balaban J connectivity index is 1.31. The van der Waals surface area contributed by atoms with Gasteiger partial charge in [0.15, 0.2) is 0 Å². The molecule has 144 valence electrons. The lowest BCUT2D eigenvalue weighted by Crippen LogP contribution is -2.48. The van der Waals surface area contributed by atoms with Gasteiger partial charge in [-0.1, -0.05) is 11.6 Å². The minimum Gasteiger partial charge on any atom is -0.369 e. The van der Waals surface area contributed by atoms with Crippen molar-refractivity contribution in [3.05, 3.63) is 59.4 Å². The van der Waals surface area contributed by atoms with E-state index in [1.54, 1.807) is 12.1 Å². The number of rotatable bonds is 7. The van der Waals surface area contributed by atoms with Crippen molar-refractivity contribution >= 4 is 35.0 Å². The minimum absolute atomic E-state index is 0.00382. The van der Waals surface area contributed by atoms with Gasteiger partial charge in [0.25, 0.3) is 0 Å². The van der Waals surface area contributed by atoms with Crippen LogP contribution >= 0.6 is 23.4 Å². The monoisotopic (exact) mass is 407 g/mol. The number of hydrogen-bond donors (Lipinski definition) is 1. The molecule has 1 heterocycles.